The van der Waals surface area contributed by atoms with Crippen LogP contribution in [-0.2, 0) is 4.74 Å². The molecule has 1 N–H and O–H groups in total. The van der Waals surface area contributed by atoms with Gasteiger partial charge < -0.3 is 10.1 Å². The third-order valence-electron chi connectivity index (χ3n) is 4.73. The van der Waals surface area contributed by atoms with Gasteiger partial charge in [-0.25, -0.2) is 0 Å². The molecule has 2 aliphatic rings. The van der Waals surface area contributed by atoms with Crippen molar-refractivity contribution in [3.63, 3.8) is 0 Å². The first-order chi connectivity index (χ1) is 11.4. The lowest BCUT2D eigenvalue weighted by molar-refractivity contribution is 0.102. The second-order valence-corrected chi connectivity index (χ2v) is 6.24. The summed E-state index contributed by atoms with van der Waals surface area (Å²) in [5.41, 5.74) is 1.76. The average molecular weight is 307 g/mol. The maximum Gasteiger partial charge on any atom is 0.185 e. The number of benzene rings is 1. The molecule has 4 heterocycles. The zero-order valence-corrected chi connectivity index (χ0v) is 12.6. The van der Waals surface area contributed by atoms with E-state index in [1.54, 1.807) is 4.52 Å². The van der Waals surface area contributed by atoms with Gasteiger partial charge in [-0.05, 0) is 31.4 Å². The molecule has 0 spiro atoms. The number of fused-ring (bicyclic) bond motifs is 3. The van der Waals surface area contributed by atoms with Crippen molar-refractivity contribution in [3.05, 3.63) is 42.5 Å². The number of aromatic nitrogens is 4. The molecular formula is C17H17N5O. The zero-order valence-electron chi connectivity index (χ0n) is 12.6. The fourth-order valence-electron chi connectivity index (χ4n) is 3.61. The Kier molecular flexibility index (Phi) is 2.84. The third-order valence-corrected chi connectivity index (χ3v) is 4.73. The smallest absolute Gasteiger partial charge is 0.185 e. The maximum absolute atomic E-state index is 5.90. The molecule has 23 heavy (non-hydrogen) atoms. The van der Waals surface area contributed by atoms with E-state index in [1.165, 1.54) is 6.42 Å². The van der Waals surface area contributed by atoms with E-state index in [0.717, 1.165) is 35.7 Å². The molecule has 2 bridgehead atoms. The van der Waals surface area contributed by atoms with Gasteiger partial charge in [0.15, 0.2) is 11.5 Å². The first-order valence-electron chi connectivity index (χ1n) is 8.07. The molecule has 0 unspecified atom stereocenters. The lowest BCUT2D eigenvalue weighted by Gasteiger charge is -2.20. The highest BCUT2D eigenvalue weighted by atomic mass is 16.5. The lowest BCUT2D eigenvalue weighted by atomic mass is 9.95. The van der Waals surface area contributed by atoms with E-state index in [-0.39, 0.29) is 0 Å². The Balaban J connectivity index is 1.49. The molecule has 0 radical (unpaired) electrons. The van der Waals surface area contributed by atoms with Crippen molar-refractivity contribution in [2.45, 2.75) is 37.5 Å². The standard InChI is InChI=1S/C17H17N5O/c1-2-4-11(5-3-1)17-20-19-16-9-8-15(21-22(16)17)18-13-10-12-6-7-14(13)23-12/h1-5,8-9,12-14H,6-7,10H2,(H,18,21)/t12-,13+,14-/m1/s1. The van der Waals surface area contributed by atoms with Gasteiger partial charge >= 0.3 is 0 Å². The molecule has 1 aromatic carbocycles. The number of nitrogens with one attached hydrogen (secondary N) is 1. The monoisotopic (exact) mass is 307 g/mol. The van der Waals surface area contributed by atoms with Gasteiger partial charge in [0.25, 0.3) is 0 Å². The summed E-state index contributed by atoms with van der Waals surface area (Å²) in [6, 6.07) is 14.3. The molecular weight excluding hydrogens is 290 g/mol. The van der Waals surface area contributed by atoms with Crippen LogP contribution in [0.15, 0.2) is 42.5 Å². The van der Waals surface area contributed by atoms with Crippen LogP contribution >= 0.6 is 0 Å². The summed E-state index contributed by atoms with van der Waals surface area (Å²) in [6.45, 7) is 0. The quantitative estimate of drug-likeness (QED) is 0.805. The van der Waals surface area contributed by atoms with Crippen LogP contribution in [0.5, 0.6) is 0 Å². The van der Waals surface area contributed by atoms with Crippen molar-refractivity contribution in [3.8, 4) is 11.4 Å². The van der Waals surface area contributed by atoms with Crippen molar-refractivity contribution in [1.29, 1.82) is 0 Å². The Labute approximate surface area is 133 Å². The fourth-order valence-corrected chi connectivity index (χ4v) is 3.61. The molecule has 3 atom stereocenters. The van der Waals surface area contributed by atoms with Crippen molar-refractivity contribution < 1.29 is 4.74 Å². The fraction of sp³-hybridized carbons (Fsp3) is 0.353. The third kappa shape index (κ3) is 2.17. The van der Waals surface area contributed by atoms with Crippen molar-refractivity contribution in [2.24, 2.45) is 0 Å². The molecule has 2 fully saturated rings. The van der Waals surface area contributed by atoms with Gasteiger partial charge in [0, 0.05) is 5.56 Å². The largest absolute Gasteiger partial charge is 0.373 e. The molecule has 0 saturated carbocycles. The predicted octanol–water partition coefficient (Wildman–Crippen LogP) is 2.52. The number of hydrogen-bond donors (Lipinski definition) is 1. The Bertz CT molecular complexity index is 847. The molecule has 3 aromatic rings. The summed E-state index contributed by atoms with van der Waals surface area (Å²) in [6.07, 6.45) is 4.16. The Hall–Kier alpha value is -2.47. The van der Waals surface area contributed by atoms with Crippen LogP contribution < -0.4 is 5.32 Å². The van der Waals surface area contributed by atoms with Crippen molar-refractivity contribution in [1.82, 2.24) is 19.8 Å². The molecule has 2 aromatic heterocycles. The minimum Gasteiger partial charge on any atom is -0.373 e. The molecule has 0 aliphatic carbocycles. The van der Waals surface area contributed by atoms with Gasteiger partial charge in [0.2, 0.25) is 0 Å². The number of ether oxygens (including phenoxy) is 1. The van der Waals surface area contributed by atoms with Gasteiger partial charge in [0.05, 0.1) is 18.2 Å². The van der Waals surface area contributed by atoms with Crippen LogP contribution in [0.3, 0.4) is 0 Å². The van der Waals surface area contributed by atoms with E-state index < -0.39 is 0 Å². The minimum atomic E-state index is 0.326. The maximum atomic E-state index is 5.90. The molecule has 0 amide bonds. The minimum absolute atomic E-state index is 0.326. The first-order valence-corrected chi connectivity index (χ1v) is 8.07. The van der Waals surface area contributed by atoms with Gasteiger partial charge in [-0.3, -0.25) is 0 Å². The Morgan fingerprint density at radius 1 is 1.04 bits per heavy atom. The molecule has 116 valence electrons. The van der Waals surface area contributed by atoms with Crippen LogP contribution in [0.25, 0.3) is 17.0 Å². The first kappa shape index (κ1) is 13.0. The van der Waals surface area contributed by atoms with Crippen LogP contribution in [0.2, 0.25) is 0 Å². The van der Waals surface area contributed by atoms with E-state index in [2.05, 4.69) is 20.6 Å². The summed E-state index contributed by atoms with van der Waals surface area (Å²) in [5.74, 6) is 1.60. The SMILES string of the molecule is c1ccc(-c2nnc3ccc(N[C@H]4C[C@H]5CC[C@H]4O5)nn23)cc1. The Morgan fingerprint density at radius 2 is 1.96 bits per heavy atom. The Morgan fingerprint density at radius 3 is 2.74 bits per heavy atom. The summed E-state index contributed by atoms with van der Waals surface area (Å²) >= 11 is 0. The normalized spacial score (nSPS) is 26.0. The van der Waals surface area contributed by atoms with E-state index in [4.69, 9.17) is 4.74 Å². The van der Waals surface area contributed by atoms with Crippen molar-refractivity contribution in [2.75, 3.05) is 5.32 Å². The second-order valence-electron chi connectivity index (χ2n) is 6.24. The summed E-state index contributed by atoms with van der Waals surface area (Å²) in [7, 11) is 0. The van der Waals surface area contributed by atoms with E-state index in [1.807, 2.05) is 42.5 Å². The number of nitrogens with zero attached hydrogens (tertiary/aromatic N) is 4. The average Bonchev–Trinajstić information content (AvgIpc) is 3.30. The lowest BCUT2D eigenvalue weighted by Crippen LogP contribution is -2.31. The van der Waals surface area contributed by atoms with E-state index >= 15 is 0 Å². The van der Waals surface area contributed by atoms with Crippen LogP contribution in [-0.4, -0.2) is 38.1 Å². The van der Waals surface area contributed by atoms with Crippen LogP contribution in [0, 0.1) is 0 Å². The van der Waals surface area contributed by atoms with Crippen LogP contribution in [0.4, 0.5) is 5.82 Å². The number of anilines is 1. The summed E-state index contributed by atoms with van der Waals surface area (Å²) in [5, 5.41) is 16.7. The molecule has 2 aliphatic heterocycles. The highest BCUT2D eigenvalue weighted by Gasteiger charge is 2.40. The van der Waals surface area contributed by atoms with Gasteiger partial charge in [0.1, 0.15) is 5.82 Å². The van der Waals surface area contributed by atoms with E-state index in [9.17, 15) is 0 Å². The molecule has 5 rings (SSSR count). The second kappa shape index (κ2) is 5.03. The summed E-state index contributed by atoms with van der Waals surface area (Å²) in [4.78, 5) is 0. The van der Waals surface area contributed by atoms with Crippen molar-refractivity contribution >= 4 is 11.5 Å². The van der Waals surface area contributed by atoms with Crippen LogP contribution in [0.1, 0.15) is 19.3 Å². The zero-order chi connectivity index (χ0) is 15.2. The predicted molar refractivity (Wildman–Crippen MR) is 86.1 cm³/mol. The van der Waals surface area contributed by atoms with Gasteiger partial charge in [-0.1, -0.05) is 30.3 Å². The topological polar surface area (TPSA) is 64.3 Å². The van der Waals surface area contributed by atoms with Gasteiger partial charge in [-0.2, -0.15) is 4.52 Å². The highest BCUT2D eigenvalue weighted by Crippen LogP contribution is 2.35. The van der Waals surface area contributed by atoms with Gasteiger partial charge in [-0.15, -0.1) is 15.3 Å². The highest BCUT2D eigenvalue weighted by molar-refractivity contribution is 5.59. The molecule has 6 heteroatoms. The molecule has 2 saturated heterocycles. The van der Waals surface area contributed by atoms with E-state index in [0.29, 0.717) is 18.2 Å². The molecule has 6 nitrogen and oxygen atoms in total. The number of rotatable bonds is 3. The number of hydrogen-bond acceptors (Lipinski definition) is 5. The summed E-state index contributed by atoms with van der Waals surface area (Å²) < 4.78 is 7.70.